The van der Waals surface area contributed by atoms with Crippen LogP contribution in [0.2, 0.25) is 0 Å². The highest BCUT2D eigenvalue weighted by atomic mass is 32.1. The first-order valence-electron chi connectivity index (χ1n) is 7.87. The smallest absolute Gasteiger partial charge is 0.166 e. The predicted octanol–water partition coefficient (Wildman–Crippen LogP) is 2.04. The van der Waals surface area contributed by atoms with Gasteiger partial charge in [-0.1, -0.05) is 0 Å². The van der Waals surface area contributed by atoms with Crippen LogP contribution in [-0.2, 0) is 12.8 Å². The highest BCUT2D eigenvalue weighted by molar-refractivity contribution is 7.19. The van der Waals surface area contributed by atoms with E-state index < -0.39 is 12.1 Å². The molecule has 2 unspecified atom stereocenters. The molecule has 1 aliphatic heterocycles. The van der Waals surface area contributed by atoms with Gasteiger partial charge in [0.25, 0.3) is 0 Å². The van der Waals surface area contributed by atoms with E-state index in [9.17, 15) is 5.26 Å². The number of thiophene rings is 1. The van der Waals surface area contributed by atoms with Crippen LogP contribution in [-0.4, -0.2) is 47.7 Å². The molecule has 0 N–H and O–H groups in total. The fraction of sp³-hybridized carbons (Fsp3) is 0.438. The van der Waals surface area contributed by atoms with Crippen LogP contribution in [0.5, 0.6) is 0 Å². The molecule has 2 aromatic heterocycles. The molecule has 2 aromatic rings. The minimum atomic E-state index is -0.396. The number of nitrogens with zero attached hydrogens (tertiary/aromatic N) is 7. The Labute approximate surface area is 144 Å². The monoisotopic (exact) mass is 339 g/mol. The number of aliphatic imine (C=N–C) groups is 1. The summed E-state index contributed by atoms with van der Waals surface area (Å²) in [6.07, 6.45) is 7.89. The summed E-state index contributed by atoms with van der Waals surface area (Å²) in [5.41, 5.74) is 1.34. The van der Waals surface area contributed by atoms with Crippen LogP contribution in [0.3, 0.4) is 0 Å². The summed E-state index contributed by atoms with van der Waals surface area (Å²) >= 11 is 1.74. The largest absolute Gasteiger partial charge is 0.369 e. The first kappa shape index (κ1) is 15.0. The maximum Gasteiger partial charge on any atom is 0.166 e. The van der Waals surface area contributed by atoms with Crippen molar-refractivity contribution in [2.75, 3.05) is 19.1 Å². The van der Waals surface area contributed by atoms with Gasteiger partial charge in [-0.05, 0) is 24.8 Å². The Morgan fingerprint density at radius 1 is 1.42 bits per heavy atom. The molecule has 0 fully saturated rings. The normalized spacial score (nSPS) is 22.5. The molecule has 0 amide bonds. The Balaban J connectivity index is 1.81. The minimum absolute atomic E-state index is 0.391. The summed E-state index contributed by atoms with van der Waals surface area (Å²) in [7, 11) is 3.80. The van der Waals surface area contributed by atoms with Gasteiger partial charge in [0.15, 0.2) is 12.0 Å². The second-order valence-electron chi connectivity index (χ2n) is 6.14. The highest BCUT2D eigenvalue weighted by Gasteiger charge is 2.34. The van der Waals surface area contributed by atoms with Gasteiger partial charge in [0, 0.05) is 25.2 Å². The molecule has 7 nitrogen and oxygen atoms in total. The van der Waals surface area contributed by atoms with Gasteiger partial charge in [0.2, 0.25) is 0 Å². The fourth-order valence-corrected chi connectivity index (χ4v) is 4.39. The lowest BCUT2D eigenvalue weighted by atomic mass is 10.1. The van der Waals surface area contributed by atoms with Crippen LogP contribution in [0.15, 0.2) is 16.4 Å². The van der Waals surface area contributed by atoms with Gasteiger partial charge in [-0.2, -0.15) is 10.4 Å². The van der Waals surface area contributed by atoms with Crippen molar-refractivity contribution in [3.63, 3.8) is 0 Å². The van der Waals surface area contributed by atoms with E-state index in [0.29, 0.717) is 0 Å². The van der Waals surface area contributed by atoms with Gasteiger partial charge >= 0.3 is 0 Å². The third kappa shape index (κ3) is 2.32. The zero-order valence-corrected chi connectivity index (χ0v) is 14.4. The molecule has 3 heterocycles. The molecule has 2 atom stereocenters. The number of rotatable bonds is 3. The summed E-state index contributed by atoms with van der Waals surface area (Å²) in [6.45, 7) is 0. The van der Waals surface area contributed by atoms with Gasteiger partial charge in [-0.3, -0.25) is 0 Å². The van der Waals surface area contributed by atoms with Crippen molar-refractivity contribution in [1.29, 1.82) is 5.26 Å². The molecule has 0 saturated carbocycles. The molecule has 0 aromatic carbocycles. The number of aryl methyl sites for hydroxylation is 2. The van der Waals surface area contributed by atoms with E-state index in [1.165, 1.54) is 16.9 Å². The van der Waals surface area contributed by atoms with Crippen LogP contribution in [0.25, 0.3) is 10.2 Å². The third-order valence-electron chi connectivity index (χ3n) is 4.22. The quantitative estimate of drug-likeness (QED) is 0.631. The summed E-state index contributed by atoms with van der Waals surface area (Å²) in [5.74, 6) is 0.368. The van der Waals surface area contributed by atoms with Crippen LogP contribution in [0, 0.1) is 17.2 Å². The average Bonchev–Trinajstić information content (AvgIpc) is 3.25. The van der Waals surface area contributed by atoms with E-state index in [0.717, 1.165) is 28.9 Å². The van der Waals surface area contributed by atoms with Crippen molar-refractivity contribution < 1.29 is 0 Å². The molecular formula is C16H17N7S. The number of nitriles is 1. The predicted molar refractivity (Wildman–Crippen MR) is 95.5 cm³/mol. The summed E-state index contributed by atoms with van der Waals surface area (Å²) in [5, 5.41) is 16.7. The maximum atomic E-state index is 9.41. The molecule has 0 spiro atoms. The Hall–Kier alpha value is -2.53. The topological polar surface area (TPSA) is 80.8 Å². The molecule has 122 valence electrons. The highest BCUT2D eigenvalue weighted by Crippen LogP contribution is 2.41. The van der Waals surface area contributed by atoms with Crippen molar-refractivity contribution >= 4 is 39.9 Å². The fourth-order valence-electron chi connectivity index (χ4n) is 3.16. The number of anilines is 1. The van der Waals surface area contributed by atoms with E-state index in [4.69, 9.17) is 0 Å². The zero-order chi connectivity index (χ0) is 16.7. The van der Waals surface area contributed by atoms with Crippen LogP contribution in [0.4, 0.5) is 5.82 Å². The number of aromatic nitrogens is 2. The van der Waals surface area contributed by atoms with E-state index in [1.807, 2.05) is 19.0 Å². The van der Waals surface area contributed by atoms with Crippen LogP contribution >= 0.6 is 11.3 Å². The number of fused-ring (bicyclic) bond motifs is 3. The van der Waals surface area contributed by atoms with Crippen LogP contribution < -0.4 is 5.01 Å². The first-order chi connectivity index (χ1) is 11.7. The summed E-state index contributed by atoms with van der Waals surface area (Å²) in [6, 6.07) is 2.27. The first-order valence-corrected chi connectivity index (χ1v) is 8.68. The molecule has 4 rings (SSSR count). The Kier molecular flexibility index (Phi) is 3.65. The van der Waals surface area contributed by atoms with Crippen molar-refractivity contribution in [2.45, 2.75) is 25.4 Å². The van der Waals surface area contributed by atoms with E-state index >= 15 is 0 Å². The van der Waals surface area contributed by atoms with Gasteiger partial charge in [-0.25, -0.2) is 20.0 Å². The summed E-state index contributed by atoms with van der Waals surface area (Å²) < 4.78 is 0. The Morgan fingerprint density at radius 3 is 3.08 bits per heavy atom. The molecule has 0 saturated heterocycles. The maximum absolute atomic E-state index is 9.41. The Morgan fingerprint density at radius 2 is 2.29 bits per heavy atom. The van der Waals surface area contributed by atoms with Crippen molar-refractivity contribution in [1.82, 2.24) is 14.9 Å². The SMILES string of the molecule is CN(C)/C=N/C1C(C#N)C=NN1c1ncnc2sc3c(c12)CCC3. The lowest BCUT2D eigenvalue weighted by molar-refractivity contribution is 0.591. The minimum Gasteiger partial charge on any atom is -0.369 e. The van der Waals surface area contributed by atoms with Gasteiger partial charge in [0.05, 0.1) is 17.8 Å². The van der Waals surface area contributed by atoms with Crippen molar-refractivity contribution in [3.8, 4) is 6.07 Å². The van der Waals surface area contributed by atoms with Gasteiger partial charge in [-0.15, -0.1) is 11.3 Å². The van der Waals surface area contributed by atoms with Crippen LogP contribution in [0.1, 0.15) is 16.9 Å². The average molecular weight is 339 g/mol. The number of hydrogen-bond acceptors (Lipinski definition) is 7. The molecule has 24 heavy (non-hydrogen) atoms. The summed E-state index contributed by atoms with van der Waals surface area (Å²) in [4.78, 5) is 17.7. The Bertz CT molecular complexity index is 876. The lowest BCUT2D eigenvalue weighted by Gasteiger charge is -2.22. The van der Waals surface area contributed by atoms with Gasteiger partial charge < -0.3 is 4.90 Å². The molecule has 2 aliphatic rings. The molecular weight excluding hydrogens is 322 g/mol. The van der Waals surface area contributed by atoms with Crippen molar-refractivity contribution in [3.05, 3.63) is 16.8 Å². The molecule has 0 bridgehead atoms. The standard InChI is InChI=1S/C16H17N7S/c1-22(2)9-20-14-10(6-17)7-21-23(14)15-13-11-4-3-5-12(11)24-16(13)19-8-18-15/h7-10,14H,3-5H2,1-2H3/b20-9+. The molecule has 1 aliphatic carbocycles. The zero-order valence-electron chi connectivity index (χ0n) is 13.5. The van der Waals surface area contributed by atoms with E-state index in [2.05, 4.69) is 26.1 Å². The third-order valence-corrected chi connectivity index (χ3v) is 5.42. The molecule has 8 heteroatoms. The second-order valence-corrected chi connectivity index (χ2v) is 7.22. The molecule has 0 radical (unpaired) electrons. The number of hydrogen-bond donors (Lipinski definition) is 0. The lowest BCUT2D eigenvalue weighted by Crippen LogP contribution is -2.31. The van der Waals surface area contributed by atoms with Gasteiger partial charge in [0.1, 0.15) is 17.1 Å². The van der Waals surface area contributed by atoms with E-state index in [1.54, 1.807) is 35.2 Å². The second kappa shape index (κ2) is 5.83. The number of hydrazone groups is 1. The van der Waals surface area contributed by atoms with E-state index in [-0.39, 0.29) is 0 Å². The van der Waals surface area contributed by atoms with Crippen molar-refractivity contribution in [2.24, 2.45) is 16.0 Å².